The summed E-state index contributed by atoms with van der Waals surface area (Å²) in [5.74, 6) is -3.48. The monoisotopic (exact) mass is 1020 g/mol. The van der Waals surface area contributed by atoms with Gasteiger partial charge in [0.1, 0.15) is 47.4 Å². The molecule has 7 N–H and O–H groups in total. The van der Waals surface area contributed by atoms with Gasteiger partial charge in [0, 0.05) is 56.7 Å². The molecule has 0 radical (unpaired) electrons. The Labute approximate surface area is 426 Å². The highest BCUT2D eigenvalue weighted by Crippen LogP contribution is 2.44. The molecule has 0 unspecified atom stereocenters. The van der Waals surface area contributed by atoms with Gasteiger partial charge in [-0.15, -0.1) is 5.10 Å². The van der Waals surface area contributed by atoms with Gasteiger partial charge in [-0.3, -0.25) is 19.7 Å². The van der Waals surface area contributed by atoms with Gasteiger partial charge in [-0.25, -0.2) is 10.2 Å². The van der Waals surface area contributed by atoms with E-state index in [-0.39, 0.29) is 50.4 Å². The second-order valence-corrected chi connectivity index (χ2v) is 22.2. The number of carbonyl (C=O) groups is 2. The molecule has 410 valence electrons. The first-order valence-electron chi connectivity index (χ1n) is 25.4. The molecular weight excluding hydrogens is 935 g/mol. The molecule has 3 aliphatic rings. The fourth-order valence-corrected chi connectivity index (χ4v) is 11.3. The van der Waals surface area contributed by atoms with Crippen LogP contribution in [0.25, 0.3) is 11.3 Å². The Morgan fingerprint density at radius 3 is 2.22 bits per heavy atom. The van der Waals surface area contributed by atoms with E-state index in [0.29, 0.717) is 25.2 Å². The number of nitrogens with zero attached hydrogens (tertiary/aromatic N) is 6. The minimum absolute atomic E-state index is 0.00660. The van der Waals surface area contributed by atoms with Crippen LogP contribution < -0.4 is 5.48 Å². The third-order valence-corrected chi connectivity index (χ3v) is 15.9. The van der Waals surface area contributed by atoms with Gasteiger partial charge in [-0.1, -0.05) is 50.3 Å². The average molecular weight is 1020 g/mol. The topological polar surface area (TPSA) is 263 Å². The van der Waals surface area contributed by atoms with Crippen molar-refractivity contribution in [2.45, 2.75) is 198 Å². The molecule has 4 heterocycles. The van der Waals surface area contributed by atoms with Crippen molar-refractivity contribution in [1.82, 2.24) is 35.2 Å². The second-order valence-electron chi connectivity index (χ2n) is 22.2. The Morgan fingerprint density at radius 1 is 0.972 bits per heavy atom. The summed E-state index contributed by atoms with van der Waals surface area (Å²) in [6.07, 6.45) is -6.71. The summed E-state index contributed by atoms with van der Waals surface area (Å²) in [6, 6.07) is 6.72. The fraction of sp³-hybridized carbons (Fsp3) is 0.804. The molecule has 72 heavy (non-hydrogen) atoms. The van der Waals surface area contributed by atoms with Gasteiger partial charge in [0.2, 0.25) is 0 Å². The van der Waals surface area contributed by atoms with Crippen LogP contribution in [0, 0.1) is 17.8 Å². The number of benzene rings is 1. The number of rotatable bonds is 14. The van der Waals surface area contributed by atoms with Gasteiger partial charge in [-0.05, 0) is 107 Å². The number of nitrogens with one attached hydrogen (secondary N) is 1. The van der Waals surface area contributed by atoms with E-state index >= 15 is 0 Å². The Kier molecular flexibility index (Phi) is 20.0. The van der Waals surface area contributed by atoms with Crippen LogP contribution in [0.1, 0.15) is 100 Å². The summed E-state index contributed by atoms with van der Waals surface area (Å²) in [5.41, 5.74) is -2.54. The number of carbonyl (C=O) groups excluding carboxylic acids is 2. The molecule has 1 aromatic heterocycles. The lowest BCUT2D eigenvalue weighted by Crippen LogP contribution is -2.70. The number of hydrogen-bond acceptors (Lipinski definition) is 19. The lowest BCUT2D eigenvalue weighted by Gasteiger charge is -2.54. The average Bonchev–Trinajstić information content (AvgIpc) is 3.78. The van der Waals surface area contributed by atoms with Crippen LogP contribution in [0.4, 0.5) is 0 Å². The summed E-state index contributed by atoms with van der Waals surface area (Å²) in [4.78, 5) is 32.0. The minimum Gasteiger partial charge on any atom is -0.459 e. The lowest BCUT2D eigenvalue weighted by atomic mass is 9.75. The summed E-state index contributed by atoms with van der Waals surface area (Å²) in [6.45, 7) is 18.3. The molecule has 0 spiro atoms. The van der Waals surface area contributed by atoms with Crippen LogP contribution in [-0.4, -0.2) is 210 Å². The van der Waals surface area contributed by atoms with E-state index in [1.54, 1.807) is 53.2 Å². The van der Waals surface area contributed by atoms with Crippen LogP contribution in [0.2, 0.25) is 0 Å². The van der Waals surface area contributed by atoms with E-state index < -0.39 is 101 Å². The van der Waals surface area contributed by atoms with E-state index in [1.807, 2.05) is 87.9 Å². The maximum Gasteiger partial charge on any atom is 0.311 e. The zero-order chi connectivity index (χ0) is 53.8. The highest BCUT2D eigenvalue weighted by Gasteiger charge is 2.59. The maximum absolute atomic E-state index is 14.6. The normalized spacial score (nSPS) is 40.1. The number of methoxy groups -OCH3 is 1. The Morgan fingerprint density at radius 2 is 1.62 bits per heavy atom. The van der Waals surface area contributed by atoms with Gasteiger partial charge in [0.25, 0.3) is 5.91 Å². The quantitative estimate of drug-likeness (QED) is 0.0813. The minimum atomic E-state index is -1.86. The first kappa shape index (κ1) is 59.6. The smallest absolute Gasteiger partial charge is 0.311 e. The SMILES string of the molecule is CC[C@H]1OC(=O)[C@@H](C)[C@H](O[C@@H]2C[C@](C)(OC)[C@@](O)(CN(C)Cc3ccc(-c4cn(CC(=O)NO)nn4)cc3)[C@@H](C)O2)[C@H](C)[C@H](O[C@H]2O[C@@H](C)C[C@@H](N(C)C)[C@@H]2O)[C@@](C)(O)C[C@H](C)CN(C)[C@@H](C)[C@H](O)[C@@]1(C)O. The zero-order valence-electron chi connectivity index (χ0n) is 45.3. The van der Waals surface area contributed by atoms with Crippen LogP contribution in [0.5, 0.6) is 0 Å². The van der Waals surface area contributed by atoms with Gasteiger partial charge >= 0.3 is 5.97 Å². The molecule has 3 saturated heterocycles. The molecule has 1 amide bonds. The van der Waals surface area contributed by atoms with E-state index in [9.17, 15) is 35.1 Å². The Balaban J connectivity index is 1.46. The fourth-order valence-electron chi connectivity index (χ4n) is 11.3. The third kappa shape index (κ3) is 13.4. The molecule has 3 aliphatic heterocycles. The lowest BCUT2D eigenvalue weighted by molar-refractivity contribution is -0.339. The van der Waals surface area contributed by atoms with Crippen LogP contribution in [0.3, 0.4) is 0 Å². The second kappa shape index (κ2) is 24.2. The molecule has 0 aliphatic carbocycles. The summed E-state index contributed by atoms with van der Waals surface area (Å²) in [5, 5.41) is 77.8. The van der Waals surface area contributed by atoms with Crippen molar-refractivity contribution in [3.8, 4) is 11.3 Å². The maximum atomic E-state index is 14.6. The molecule has 1 aromatic carbocycles. The number of esters is 1. The highest BCUT2D eigenvalue weighted by atomic mass is 16.7. The Bertz CT molecular complexity index is 2060. The van der Waals surface area contributed by atoms with E-state index in [4.69, 9.17) is 33.6 Å². The number of likely N-dealkylation sites (N-methyl/N-ethyl adjacent to an activating group) is 3. The molecule has 18 atom stereocenters. The molecule has 5 rings (SSSR count). The first-order chi connectivity index (χ1) is 33.5. The van der Waals surface area contributed by atoms with Crippen LogP contribution >= 0.6 is 0 Å². The van der Waals surface area contributed by atoms with Crippen molar-refractivity contribution in [2.75, 3.05) is 48.4 Å². The number of amides is 1. The van der Waals surface area contributed by atoms with Gasteiger partial charge < -0.3 is 63.8 Å². The van der Waals surface area contributed by atoms with Gasteiger partial charge in [0.05, 0.1) is 42.1 Å². The molecular formula is C51H87N7O14. The van der Waals surface area contributed by atoms with Gasteiger partial charge in [-0.2, -0.15) is 0 Å². The van der Waals surface area contributed by atoms with E-state index in [1.165, 1.54) is 18.7 Å². The number of cyclic esters (lactones) is 1. The number of aliphatic hydroxyl groups excluding tert-OH is 2. The summed E-state index contributed by atoms with van der Waals surface area (Å²) >= 11 is 0. The van der Waals surface area contributed by atoms with Crippen LogP contribution in [-0.2, 0) is 51.1 Å². The van der Waals surface area contributed by atoms with Crippen molar-refractivity contribution in [1.29, 1.82) is 0 Å². The molecule has 2 aromatic rings. The number of ether oxygens (including phenoxy) is 6. The van der Waals surface area contributed by atoms with Crippen molar-refractivity contribution < 1.29 is 68.8 Å². The number of hydrogen-bond donors (Lipinski definition) is 7. The van der Waals surface area contributed by atoms with E-state index in [0.717, 1.165) is 11.1 Å². The summed E-state index contributed by atoms with van der Waals surface area (Å²) in [7, 11) is 8.98. The predicted molar refractivity (Wildman–Crippen MR) is 265 cm³/mol. The first-order valence-corrected chi connectivity index (χ1v) is 25.4. The molecule has 21 nitrogen and oxygen atoms in total. The van der Waals surface area contributed by atoms with Crippen molar-refractivity contribution in [3.63, 3.8) is 0 Å². The molecule has 0 bridgehead atoms. The molecule has 21 heteroatoms. The number of hydroxylamine groups is 1. The number of aliphatic hydroxyl groups is 5. The van der Waals surface area contributed by atoms with Crippen molar-refractivity contribution in [3.05, 3.63) is 36.0 Å². The molecule has 0 saturated carbocycles. The standard InChI is InChI=1S/C51H87N7O14/c1-16-39-50(10,64)44(61)33(6)57(14)24-29(2)22-48(8,63)45(72-47-42(60)38(55(11)12)21-30(3)68-47)31(4)43(32(5)46(62)70-39)71-41-23-49(9,67-15)51(65,34(7)69-41)28-56(13)25-35-17-19-36(20-18-35)37-26-58(54-52-37)27-40(59)53-66/h17-20,26,29-34,38-39,41-45,47,60-61,63-66H,16,21-25,27-28H2,1-15H3,(H,53,59)/t29-,30-,31-,32-,33-,34+,38+,39+,41+,42-,43+,44-,45-,47+,48-,49-,50-,51+/m0/s1. The van der Waals surface area contributed by atoms with Crippen LogP contribution in [0.15, 0.2) is 30.5 Å². The number of aromatic nitrogens is 3. The van der Waals surface area contributed by atoms with Crippen molar-refractivity contribution in [2.24, 2.45) is 17.8 Å². The highest BCUT2D eigenvalue weighted by molar-refractivity contribution is 5.74. The molecule has 3 fully saturated rings. The summed E-state index contributed by atoms with van der Waals surface area (Å²) < 4.78 is 40.4. The zero-order valence-corrected chi connectivity index (χ0v) is 45.3. The Hall–Kier alpha value is -3.26. The third-order valence-electron chi connectivity index (χ3n) is 15.9. The van der Waals surface area contributed by atoms with Gasteiger partial charge in [0.15, 0.2) is 12.6 Å². The van der Waals surface area contributed by atoms with Crippen molar-refractivity contribution >= 4 is 11.9 Å². The predicted octanol–water partition coefficient (Wildman–Crippen LogP) is 2.17. The van der Waals surface area contributed by atoms with E-state index in [2.05, 4.69) is 10.3 Å². The largest absolute Gasteiger partial charge is 0.459 e.